The highest BCUT2D eigenvalue weighted by atomic mass is 19.4. The lowest BCUT2D eigenvalue weighted by atomic mass is 9.64. The fourth-order valence-electron chi connectivity index (χ4n) is 7.36. The molecule has 228 valence electrons. The Kier molecular flexibility index (Phi) is 7.49. The third kappa shape index (κ3) is 5.44. The van der Waals surface area contributed by atoms with Gasteiger partial charge in [0.25, 0.3) is 5.92 Å². The lowest BCUT2D eigenvalue weighted by Gasteiger charge is -2.51. The predicted molar refractivity (Wildman–Crippen MR) is 142 cm³/mol. The van der Waals surface area contributed by atoms with Crippen LogP contribution in [0, 0.1) is 17.3 Å². The Bertz CT molecular complexity index is 1320. The molecule has 0 bridgehead atoms. The van der Waals surface area contributed by atoms with E-state index >= 15 is 0 Å². The molecule has 0 spiro atoms. The second-order valence-electron chi connectivity index (χ2n) is 12.8. The van der Waals surface area contributed by atoms with Gasteiger partial charge in [0.2, 0.25) is 0 Å². The molecule has 1 aliphatic carbocycles. The molecular weight excluding hydrogens is 547 g/mol. The summed E-state index contributed by atoms with van der Waals surface area (Å²) in [5, 5.41) is 0. The zero-order valence-corrected chi connectivity index (χ0v) is 23.5. The van der Waals surface area contributed by atoms with Gasteiger partial charge < -0.3 is 4.74 Å². The van der Waals surface area contributed by atoms with Crippen molar-refractivity contribution in [2.75, 3.05) is 40.0 Å². The van der Waals surface area contributed by atoms with E-state index in [-0.39, 0.29) is 60.7 Å². The molecule has 4 fully saturated rings. The maximum Gasteiger partial charge on any atom is 0.418 e. The highest BCUT2D eigenvalue weighted by molar-refractivity contribution is 5.56. The molecule has 4 aliphatic rings. The van der Waals surface area contributed by atoms with E-state index in [0.717, 1.165) is 42.8 Å². The molecule has 4 atom stereocenters. The molecule has 13 heteroatoms. The number of fused-ring (bicyclic) bond motifs is 1. The molecule has 0 amide bonds. The first-order chi connectivity index (χ1) is 19.4. The number of imidazole rings is 1. The van der Waals surface area contributed by atoms with Crippen LogP contribution in [0.3, 0.4) is 0 Å². The molecular formula is C28H39F5N6O2. The van der Waals surface area contributed by atoms with Crippen molar-refractivity contribution in [2.45, 2.75) is 76.3 Å². The lowest BCUT2D eigenvalue weighted by Crippen LogP contribution is -2.54. The largest absolute Gasteiger partial charge is 0.418 e. The van der Waals surface area contributed by atoms with Crippen molar-refractivity contribution in [2.24, 2.45) is 17.3 Å². The van der Waals surface area contributed by atoms with E-state index in [0.29, 0.717) is 19.6 Å². The number of aromatic nitrogens is 2. The molecule has 0 aromatic carbocycles. The van der Waals surface area contributed by atoms with Crippen LogP contribution in [-0.2, 0) is 17.5 Å². The first-order valence-electron chi connectivity index (χ1n) is 14.6. The fraction of sp³-hybridized carbons (Fsp3) is 0.750. The molecule has 6 rings (SSSR count). The van der Waals surface area contributed by atoms with E-state index < -0.39 is 29.3 Å². The SMILES string of the molecule is C[C@@H]1CN(Cc2cc(C(F)(F)F)c3cn(C4CCCC(C5(CC6NNCN6C)COC5)C4)c(=O)n3c2)CCC1(F)F. The van der Waals surface area contributed by atoms with Crippen molar-refractivity contribution in [1.29, 1.82) is 0 Å². The summed E-state index contributed by atoms with van der Waals surface area (Å²) in [6.07, 6.45) is 2.19. The summed E-state index contributed by atoms with van der Waals surface area (Å²) in [4.78, 5) is 17.6. The summed E-state index contributed by atoms with van der Waals surface area (Å²) in [6.45, 7) is 3.73. The molecule has 3 aliphatic heterocycles. The fourth-order valence-corrected chi connectivity index (χ4v) is 7.36. The van der Waals surface area contributed by atoms with E-state index in [1.165, 1.54) is 23.9 Å². The van der Waals surface area contributed by atoms with E-state index in [1.807, 2.05) is 0 Å². The number of alkyl halides is 5. The van der Waals surface area contributed by atoms with E-state index in [9.17, 15) is 26.7 Å². The first-order valence-corrected chi connectivity index (χ1v) is 14.6. The third-order valence-corrected chi connectivity index (χ3v) is 9.99. The van der Waals surface area contributed by atoms with E-state index in [1.54, 1.807) is 4.90 Å². The standard InChI is InChI=1S/C28H39F5N6O2/c1-18-11-37(7-6-27(18,29)30)12-19-8-22(28(31,32)33)23-14-38(25(40)39(23)13-19)21-5-3-4-20(9-21)26(15-41-16-26)10-24-35-34-17-36(24)2/h8,13-14,18,20-21,24,34-35H,3-7,9-12,15-17H2,1-2H3/t18-,20?,21?,24?/m1/s1. The number of likely N-dealkylation sites (tertiary alicyclic amines) is 1. The Hall–Kier alpha value is -2.06. The number of pyridine rings is 1. The van der Waals surface area contributed by atoms with E-state index in [4.69, 9.17) is 4.74 Å². The second kappa shape index (κ2) is 10.6. The van der Waals surface area contributed by atoms with E-state index in [2.05, 4.69) is 22.8 Å². The highest BCUT2D eigenvalue weighted by Crippen LogP contribution is 2.49. The van der Waals surface area contributed by atoms with Crippen LogP contribution < -0.4 is 16.5 Å². The molecule has 2 aromatic rings. The third-order valence-electron chi connectivity index (χ3n) is 9.99. The number of halogens is 5. The number of rotatable bonds is 6. The van der Waals surface area contributed by atoms with Gasteiger partial charge in [-0.2, -0.15) is 13.2 Å². The summed E-state index contributed by atoms with van der Waals surface area (Å²) < 4.78 is 79.0. The van der Waals surface area contributed by atoms with Crippen LogP contribution in [-0.4, -0.2) is 70.9 Å². The molecule has 5 heterocycles. The van der Waals surface area contributed by atoms with Crippen LogP contribution in [0.25, 0.3) is 5.52 Å². The van der Waals surface area contributed by atoms with Gasteiger partial charge in [-0.05, 0) is 50.3 Å². The van der Waals surface area contributed by atoms with Gasteiger partial charge in [-0.1, -0.05) is 13.3 Å². The number of ether oxygens (including phenoxy) is 1. The van der Waals surface area contributed by atoms with Crippen LogP contribution in [0.5, 0.6) is 0 Å². The van der Waals surface area contributed by atoms with Crippen LogP contribution in [0.15, 0.2) is 23.3 Å². The van der Waals surface area contributed by atoms with Crippen molar-refractivity contribution in [1.82, 2.24) is 29.6 Å². The maximum absolute atomic E-state index is 14.3. The monoisotopic (exact) mass is 586 g/mol. The minimum Gasteiger partial charge on any atom is -0.380 e. The van der Waals surface area contributed by atoms with Crippen molar-refractivity contribution in [3.05, 3.63) is 40.1 Å². The minimum absolute atomic E-state index is 0.0356. The molecule has 1 saturated carbocycles. The topological polar surface area (TPSA) is 66.2 Å². The Morgan fingerprint density at radius 1 is 1.17 bits per heavy atom. The molecule has 2 aromatic heterocycles. The number of hydrazine groups is 1. The lowest BCUT2D eigenvalue weighted by molar-refractivity contribution is -0.167. The number of hydrogen-bond donors (Lipinski definition) is 2. The van der Waals surface area contributed by atoms with Gasteiger partial charge >= 0.3 is 11.9 Å². The minimum atomic E-state index is -4.67. The molecule has 2 N–H and O–H groups in total. The van der Waals surface area contributed by atoms with Crippen LogP contribution >= 0.6 is 0 Å². The van der Waals surface area contributed by atoms with Crippen molar-refractivity contribution in [3.8, 4) is 0 Å². The van der Waals surface area contributed by atoms with Gasteiger partial charge in [-0.15, -0.1) is 0 Å². The van der Waals surface area contributed by atoms with Gasteiger partial charge in [0.05, 0.1) is 37.1 Å². The smallest absolute Gasteiger partial charge is 0.380 e. The van der Waals surface area contributed by atoms with Crippen LogP contribution in [0.1, 0.15) is 62.6 Å². The summed E-state index contributed by atoms with van der Waals surface area (Å²) >= 11 is 0. The van der Waals surface area contributed by atoms with Gasteiger partial charge in [0.15, 0.2) is 0 Å². The molecule has 3 unspecified atom stereocenters. The number of nitrogens with zero attached hydrogens (tertiary/aromatic N) is 4. The molecule has 0 radical (unpaired) electrons. The maximum atomic E-state index is 14.3. The summed E-state index contributed by atoms with van der Waals surface area (Å²) in [6, 6.07) is 0.862. The van der Waals surface area contributed by atoms with Crippen molar-refractivity contribution >= 4 is 5.52 Å². The number of piperidine rings is 1. The molecule has 3 saturated heterocycles. The van der Waals surface area contributed by atoms with Crippen molar-refractivity contribution in [3.63, 3.8) is 0 Å². The zero-order chi connectivity index (χ0) is 29.2. The second-order valence-corrected chi connectivity index (χ2v) is 12.8. The Balaban J connectivity index is 1.27. The molecule has 41 heavy (non-hydrogen) atoms. The van der Waals surface area contributed by atoms with Crippen molar-refractivity contribution < 1.29 is 26.7 Å². The van der Waals surface area contributed by atoms with Gasteiger partial charge in [-0.25, -0.2) is 24.4 Å². The average Bonchev–Trinajstić information content (AvgIpc) is 3.45. The number of nitrogens with one attached hydrogen (secondary N) is 2. The van der Waals surface area contributed by atoms with Gasteiger partial charge in [0.1, 0.15) is 0 Å². The van der Waals surface area contributed by atoms with Crippen LogP contribution in [0.4, 0.5) is 22.0 Å². The summed E-state index contributed by atoms with van der Waals surface area (Å²) in [7, 11) is 2.05. The summed E-state index contributed by atoms with van der Waals surface area (Å²) in [5.41, 5.74) is 5.20. The molecule has 8 nitrogen and oxygen atoms in total. The number of hydrogen-bond acceptors (Lipinski definition) is 6. The quantitative estimate of drug-likeness (QED) is 0.498. The van der Waals surface area contributed by atoms with Gasteiger partial charge in [-0.3, -0.25) is 18.8 Å². The summed E-state index contributed by atoms with van der Waals surface area (Å²) in [5.74, 6) is -3.39. The normalized spacial score (nSPS) is 31.0. The van der Waals surface area contributed by atoms with Gasteiger partial charge in [0, 0.05) is 55.8 Å². The Labute approximate surface area is 235 Å². The zero-order valence-electron chi connectivity index (χ0n) is 23.5. The Morgan fingerprint density at radius 3 is 2.59 bits per heavy atom. The van der Waals surface area contributed by atoms with Crippen LogP contribution in [0.2, 0.25) is 0 Å². The predicted octanol–water partition coefficient (Wildman–Crippen LogP) is 4.06. The average molecular weight is 587 g/mol. The highest BCUT2D eigenvalue weighted by Gasteiger charge is 2.49. The Morgan fingerprint density at radius 2 is 1.95 bits per heavy atom. The first kappa shape index (κ1) is 29.0.